The lowest BCUT2D eigenvalue weighted by atomic mass is 10.1. The minimum absolute atomic E-state index is 0.681. The van der Waals surface area contributed by atoms with Gasteiger partial charge in [-0.2, -0.15) is 5.10 Å². The summed E-state index contributed by atoms with van der Waals surface area (Å²) >= 11 is 0. The molecule has 0 aliphatic rings. The van der Waals surface area contributed by atoms with E-state index in [0.29, 0.717) is 13.1 Å². The Morgan fingerprint density at radius 3 is 2.50 bits per heavy atom. The van der Waals surface area contributed by atoms with Crippen molar-refractivity contribution in [3.8, 4) is 16.9 Å². The van der Waals surface area contributed by atoms with Gasteiger partial charge in [0, 0.05) is 36.3 Å². The van der Waals surface area contributed by atoms with Crippen molar-refractivity contribution in [1.82, 2.24) is 20.1 Å². The largest absolute Gasteiger partial charge is 0.465 e. The van der Waals surface area contributed by atoms with Gasteiger partial charge in [0.1, 0.15) is 11.5 Å². The van der Waals surface area contributed by atoms with Gasteiger partial charge in [-0.05, 0) is 43.3 Å². The van der Waals surface area contributed by atoms with E-state index in [-0.39, 0.29) is 0 Å². The normalized spacial score (nSPS) is 11.0. The van der Waals surface area contributed by atoms with Crippen LogP contribution in [0, 0.1) is 6.92 Å². The average Bonchev–Trinajstić information content (AvgIpc) is 3.30. The molecule has 0 amide bonds. The van der Waals surface area contributed by atoms with E-state index in [1.54, 1.807) is 12.4 Å². The monoisotopic (exact) mass is 344 g/mol. The van der Waals surface area contributed by atoms with Gasteiger partial charge in [0.2, 0.25) is 0 Å². The predicted octanol–water partition coefficient (Wildman–Crippen LogP) is 4.13. The van der Waals surface area contributed by atoms with Gasteiger partial charge in [-0.1, -0.05) is 18.2 Å². The fourth-order valence-corrected chi connectivity index (χ4v) is 2.91. The van der Waals surface area contributed by atoms with Gasteiger partial charge in [0.25, 0.3) is 0 Å². The van der Waals surface area contributed by atoms with Gasteiger partial charge in [0.15, 0.2) is 0 Å². The molecule has 0 saturated heterocycles. The predicted molar refractivity (Wildman–Crippen MR) is 101 cm³/mol. The molecule has 0 fully saturated rings. The Bertz CT molecular complexity index is 974. The Morgan fingerprint density at radius 2 is 1.77 bits per heavy atom. The second-order valence-corrected chi connectivity index (χ2v) is 6.13. The molecule has 130 valence electrons. The molecule has 0 atom stereocenters. The zero-order valence-electron chi connectivity index (χ0n) is 14.6. The molecule has 0 radical (unpaired) electrons. The first kappa shape index (κ1) is 16.3. The summed E-state index contributed by atoms with van der Waals surface area (Å²) < 4.78 is 7.54. The molecule has 0 bridgehead atoms. The Balaban J connectivity index is 1.60. The highest BCUT2D eigenvalue weighted by Gasteiger charge is 2.12. The zero-order valence-corrected chi connectivity index (χ0v) is 14.6. The molecular formula is C21H20N4O. The number of pyridine rings is 1. The number of rotatable bonds is 6. The van der Waals surface area contributed by atoms with Crippen molar-refractivity contribution in [3.63, 3.8) is 0 Å². The minimum atomic E-state index is 0.681. The highest BCUT2D eigenvalue weighted by atomic mass is 16.3. The van der Waals surface area contributed by atoms with E-state index >= 15 is 0 Å². The fourth-order valence-electron chi connectivity index (χ4n) is 2.91. The summed E-state index contributed by atoms with van der Waals surface area (Å²) in [5, 5.41) is 8.25. The summed E-state index contributed by atoms with van der Waals surface area (Å²) in [6.07, 6.45) is 5.66. The van der Waals surface area contributed by atoms with Crippen LogP contribution < -0.4 is 5.32 Å². The minimum Gasteiger partial charge on any atom is -0.465 e. The molecule has 4 rings (SSSR count). The quantitative estimate of drug-likeness (QED) is 0.571. The van der Waals surface area contributed by atoms with Gasteiger partial charge in [-0.3, -0.25) is 4.98 Å². The van der Waals surface area contributed by atoms with E-state index in [1.807, 2.05) is 66.2 Å². The van der Waals surface area contributed by atoms with E-state index in [1.165, 1.54) is 0 Å². The maximum absolute atomic E-state index is 5.62. The number of para-hydroxylation sites is 1. The number of nitrogens with zero attached hydrogens (tertiary/aromatic N) is 3. The molecule has 0 aliphatic heterocycles. The number of nitrogens with one attached hydrogen (secondary N) is 1. The van der Waals surface area contributed by atoms with Crippen LogP contribution in [0.4, 0.5) is 0 Å². The first-order valence-electron chi connectivity index (χ1n) is 8.60. The lowest BCUT2D eigenvalue weighted by molar-refractivity contribution is 0.462. The molecule has 26 heavy (non-hydrogen) atoms. The van der Waals surface area contributed by atoms with Gasteiger partial charge in [-0.15, -0.1) is 0 Å². The molecule has 4 aromatic rings. The van der Waals surface area contributed by atoms with Crippen molar-refractivity contribution >= 4 is 0 Å². The highest BCUT2D eigenvalue weighted by molar-refractivity contribution is 5.62. The number of hydrogen-bond donors (Lipinski definition) is 1. The van der Waals surface area contributed by atoms with Crippen LogP contribution in [0.25, 0.3) is 16.9 Å². The number of furan rings is 1. The van der Waals surface area contributed by atoms with Crippen LogP contribution in [-0.2, 0) is 13.1 Å². The zero-order chi connectivity index (χ0) is 17.8. The summed E-state index contributed by atoms with van der Waals surface area (Å²) in [5.41, 5.74) is 4.18. The van der Waals surface area contributed by atoms with Crippen molar-refractivity contribution in [1.29, 1.82) is 0 Å². The molecule has 5 nitrogen and oxygen atoms in total. The second kappa shape index (κ2) is 7.37. The SMILES string of the molecule is Cc1ccc(CNCc2cn(-c3ccccc3)nc2-c2ccncc2)o1. The van der Waals surface area contributed by atoms with E-state index in [2.05, 4.69) is 16.5 Å². The molecule has 1 aromatic carbocycles. The summed E-state index contributed by atoms with van der Waals surface area (Å²) in [6, 6.07) is 18.1. The van der Waals surface area contributed by atoms with E-state index in [0.717, 1.165) is 34.0 Å². The first-order chi connectivity index (χ1) is 12.8. The van der Waals surface area contributed by atoms with Crippen molar-refractivity contribution < 1.29 is 4.42 Å². The molecule has 0 saturated carbocycles. The van der Waals surface area contributed by atoms with Crippen LogP contribution in [0.1, 0.15) is 17.1 Å². The molecule has 3 aromatic heterocycles. The number of hydrogen-bond acceptors (Lipinski definition) is 4. The topological polar surface area (TPSA) is 55.9 Å². The van der Waals surface area contributed by atoms with Crippen molar-refractivity contribution in [2.75, 3.05) is 0 Å². The number of aryl methyl sites for hydroxylation is 1. The Kier molecular flexibility index (Phi) is 4.62. The molecule has 5 heteroatoms. The molecule has 1 N–H and O–H groups in total. The Hall–Kier alpha value is -3.18. The second-order valence-electron chi connectivity index (χ2n) is 6.13. The number of aromatic nitrogens is 3. The third-order valence-corrected chi connectivity index (χ3v) is 4.18. The van der Waals surface area contributed by atoms with Crippen LogP contribution in [0.2, 0.25) is 0 Å². The molecule has 3 heterocycles. The van der Waals surface area contributed by atoms with Gasteiger partial charge in [-0.25, -0.2) is 4.68 Å². The summed E-state index contributed by atoms with van der Waals surface area (Å²) in [4.78, 5) is 4.11. The maximum atomic E-state index is 5.62. The first-order valence-corrected chi connectivity index (χ1v) is 8.60. The summed E-state index contributed by atoms with van der Waals surface area (Å²) in [6.45, 7) is 3.33. The summed E-state index contributed by atoms with van der Waals surface area (Å²) in [7, 11) is 0. The smallest absolute Gasteiger partial charge is 0.117 e. The average molecular weight is 344 g/mol. The number of benzene rings is 1. The lowest BCUT2D eigenvalue weighted by Gasteiger charge is -2.03. The summed E-state index contributed by atoms with van der Waals surface area (Å²) in [5.74, 6) is 1.86. The highest BCUT2D eigenvalue weighted by Crippen LogP contribution is 2.23. The molecule has 0 unspecified atom stereocenters. The van der Waals surface area contributed by atoms with Gasteiger partial charge in [0.05, 0.1) is 17.9 Å². The van der Waals surface area contributed by atoms with Crippen LogP contribution in [-0.4, -0.2) is 14.8 Å². The molecular weight excluding hydrogens is 324 g/mol. The lowest BCUT2D eigenvalue weighted by Crippen LogP contribution is -2.12. The van der Waals surface area contributed by atoms with Crippen molar-refractivity contribution in [2.45, 2.75) is 20.0 Å². The van der Waals surface area contributed by atoms with Crippen LogP contribution in [0.3, 0.4) is 0 Å². The van der Waals surface area contributed by atoms with Crippen LogP contribution in [0.15, 0.2) is 77.6 Å². The fraction of sp³-hybridized carbons (Fsp3) is 0.143. The standard InChI is InChI=1S/C21H20N4O/c1-16-7-8-20(26-16)14-23-13-18-15-25(19-5-3-2-4-6-19)24-21(18)17-9-11-22-12-10-17/h2-12,15,23H,13-14H2,1H3. The Morgan fingerprint density at radius 1 is 0.962 bits per heavy atom. The Labute approximate surface area is 152 Å². The van der Waals surface area contributed by atoms with Gasteiger partial charge >= 0.3 is 0 Å². The van der Waals surface area contributed by atoms with Crippen molar-refractivity contribution in [3.05, 3.63) is 90.3 Å². The maximum Gasteiger partial charge on any atom is 0.117 e. The van der Waals surface area contributed by atoms with Gasteiger partial charge < -0.3 is 9.73 Å². The third-order valence-electron chi connectivity index (χ3n) is 4.18. The van der Waals surface area contributed by atoms with E-state index in [4.69, 9.17) is 9.52 Å². The third kappa shape index (κ3) is 3.58. The van der Waals surface area contributed by atoms with Crippen LogP contribution in [0.5, 0.6) is 0 Å². The van der Waals surface area contributed by atoms with E-state index in [9.17, 15) is 0 Å². The van der Waals surface area contributed by atoms with E-state index < -0.39 is 0 Å². The van der Waals surface area contributed by atoms with Crippen molar-refractivity contribution in [2.24, 2.45) is 0 Å². The molecule has 0 aliphatic carbocycles. The van der Waals surface area contributed by atoms with Crippen LogP contribution >= 0.6 is 0 Å². The molecule has 0 spiro atoms.